The van der Waals surface area contributed by atoms with Crippen LogP contribution < -0.4 is 0 Å². The summed E-state index contributed by atoms with van der Waals surface area (Å²) >= 11 is 0. The molecule has 0 fully saturated rings. The lowest BCUT2D eigenvalue weighted by Gasteiger charge is -2.24. The van der Waals surface area contributed by atoms with Crippen LogP contribution in [0.1, 0.15) is 25.2 Å². The van der Waals surface area contributed by atoms with Crippen molar-refractivity contribution >= 4 is 17.6 Å². The second-order valence-corrected chi connectivity index (χ2v) is 4.94. The zero-order valence-corrected chi connectivity index (χ0v) is 12.4. The molecule has 0 aliphatic rings. The number of nitrogens with zero attached hydrogens (tertiary/aromatic N) is 4. The van der Waals surface area contributed by atoms with Gasteiger partial charge in [-0.05, 0) is 27.7 Å². The number of carbonyl (C=O) groups is 2. The Kier molecular flexibility index (Phi) is 5.01. The molecule has 21 heavy (non-hydrogen) atoms. The van der Waals surface area contributed by atoms with Crippen molar-refractivity contribution in [1.29, 1.82) is 0 Å². The van der Waals surface area contributed by atoms with E-state index in [2.05, 4.69) is 5.10 Å². The summed E-state index contributed by atoms with van der Waals surface area (Å²) in [5.74, 6) is -1.57. The number of carboxylic acid groups (broad SMARTS) is 1. The Morgan fingerprint density at radius 2 is 2.00 bits per heavy atom. The Morgan fingerprint density at radius 1 is 1.43 bits per heavy atom. The van der Waals surface area contributed by atoms with E-state index >= 15 is 0 Å². The third-order valence-corrected chi connectivity index (χ3v) is 3.06. The minimum absolute atomic E-state index is 0.128. The molecule has 0 aromatic carbocycles. The molecule has 0 saturated carbocycles. The lowest BCUT2D eigenvalue weighted by atomic mass is 10.3. The number of aromatic nitrogens is 2. The molecule has 0 aliphatic carbocycles. The predicted octanol–water partition coefficient (Wildman–Crippen LogP) is 0.730. The smallest absolute Gasteiger partial charge is 0.323 e. The quantitative estimate of drug-likeness (QED) is 0.611. The summed E-state index contributed by atoms with van der Waals surface area (Å²) in [5, 5.41) is 23.7. The second kappa shape index (κ2) is 6.33. The van der Waals surface area contributed by atoms with Crippen LogP contribution in [0.25, 0.3) is 0 Å². The van der Waals surface area contributed by atoms with E-state index in [1.54, 1.807) is 13.8 Å². The molecule has 0 atom stereocenters. The van der Waals surface area contributed by atoms with Crippen LogP contribution in [0.5, 0.6) is 0 Å². The standard InChI is InChI=1S/C12H18N4O5/c1-7(2)14(6-11(18)19)10(17)5-15-9(4)12(16(20)21)8(3)13-15/h7H,5-6H2,1-4H3,(H,18,19). The van der Waals surface area contributed by atoms with Crippen molar-refractivity contribution in [3.05, 3.63) is 21.5 Å². The summed E-state index contributed by atoms with van der Waals surface area (Å²) in [7, 11) is 0. The van der Waals surface area contributed by atoms with Gasteiger partial charge in [0.1, 0.15) is 24.5 Å². The molecule has 1 aromatic heterocycles. The molecule has 0 bridgehead atoms. The molecule has 0 spiro atoms. The molecule has 0 unspecified atom stereocenters. The summed E-state index contributed by atoms with van der Waals surface area (Å²) in [4.78, 5) is 34.5. The van der Waals surface area contributed by atoms with Gasteiger partial charge in [0, 0.05) is 6.04 Å². The Labute approximate surface area is 121 Å². The number of aliphatic carboxylic acids is 1. The van der Waals surface area contributed by atoms with Crippen molar-refractivity contribution in [3.8, 4) is 0 Å². The number of amides is 1. The molecule has 1 aromatic rings. The number of hydrogen-bond donors (Lipinski definition) is 1. The van der Waals surface area contributed by atoms with Crippen LogP contribution in [0.15, 0.2) is 0 Å². The topological polar surface area (TPSA) is 119 Å². The maximum Gasteiger partial charge on any atom is 0.323 e. The van der Waals surface area contributed by atoms with Gasteiger partial charge in [0.25, 0.3) is 0 Å². The maximum atomic E-state index is 12.2. The molecule has 1 heterocycles. The Morgan fingerprint density at radius 3 is 2.38 bits per heavy atom. The molecule has 1 rings (SSSR count). The molecule has 9 nitrogen and oxygen atoms in total. The van der Waals surface area contributed by atoms with Gasteiger partial charge in [-0.25, -0.2) is 0 Å². The number of nitro groups is 1. The molecular formula is C12H18N4O5. The third kappa shape index (κ3) is 3.77. The van der Waals surface area contributed by atoms with Gasteiger partial charge in [0.2, 0.25) is 5.91 Å². The lowest BCUT2D eigenvalue weighted by Crippen LogP contribution is -2.42. The normalized spacial score (nSPS) is 10.7. The fraction of sp³-hybridized carbons (Fsp3) is 0.583. The van der Waals surface area contributed by atoms with E-state index in [0.29, 0.717) is 0 Å². The first-order valence-electron chi connectivity index (χ1n) is 6.34. The minimum Gasteiger partial charge on any atom is -0.480 e. The molecule has 1 amide bonds. The summed E-state index contributed by atoms with van der Waals surface area (Å²) in [6.07, 6.45) is 0. The first-order chi connectivity index (χ1) is 9.65. The van der Waals surface area contributed by atoms with E-state index in [1.807, 2.05) is 0 Å². The zero-order chi connectivity index (χ0) is 16.3. The zero-order valence-electron chi connectivity index (χ0n) is 12.4. The molecule has 0 aliphatic heterocycles. The fourth-order valence-electron chi connectivity index (χ4n) is 2.03. The summed E-state index contributed by atoms with van der Waals surface area (Å²) < 4.78 is 1.23. The average molecular weight is 298 g/mol. The Balaban J connectivity index is 2.99. The van der Waals surface area contributed by atoms with Crippen LogP contribution in [0, 0.1) is 24.0 Å². The van der Waals surface area contributed by atoms with Crippen LogP contribution in [0.2, 0.25) is 0 Å². The highest BCUT2D eigenvalue weighted by Gasteiger charge is 2.25. The van der Waals surface area contributed by atoms with E-state index in [0.717, 1.165) is 0 Å². The summed E-state index contributed by atoms with van der Waals surface area (Å²) in [5.41, 5.74) is 0.363. The van der Waals surface area contributed by atoms with Gasteiger partial charge in [-0.3, -0.25) is 24.4 Å². The number of hydrogen-bond acceptors (Lipinski definition) is 5. The van der Waals surface area contributed by atoms with Crippen LogP contribution in [0.3, 0.4) is 0 Å². The van der Waals surface area contributed by atoms with E-state index in [9.17, 15) is 19.7 Å². The Hall–Kier alpha value is -2.45. The minimum atomic E-state index is -1.11. The van der Waals surface area contributed by atoms with Crippen LogP contribution >= 0.6 is 0 Å². The Bertz CT molecular complexity index is 578. The molecule has 0 radical (unpaired) electrons. The number of aryl methyl sites for hydroxylation is 1. The van der Waals surface area contributed by atoms with Gasteiger partial charge < -0.3 is 10.0 Å². The molecule has 9 heteroatoms. The molecule has 1 N–H and O–H groups in total. The number of carbonyl (C=O) groups excluding carboxylic acids is 1. The lowest BCUT2D eigenvalue weighted by molar-refractivity contribution is -0.386. The SMILES string of the molecule is Cc1nn(CC(=O)N(CC(=O)O)C(C)C)c(C)c1[N+](=O)[O-]. The monoisotopic (exact) mass is 298 g/mol. The summed E-state index contributed by atoms with van der Waals surface area (Å²) in [6, 6.07) is -0.291. The number of carboxylic acids is 1. The molecular weight excluding hydrogens is 280 g/mol. The van der Waals surface area contributed by atoms with E-state index in [-0.39, 0.29) is 29.7 Å². The third-order valence-electron chi connectivity index (χ3n) is 3.06. The van der Waals surface area contributed by atoms with Crippen molar-refractivity contribution in [3.63, 3.8) is 0 Å². The maximum absolute atomic E-state index is 12.2. The van der Waals surface area contributed by atoms with Gasteiger partial charge in [0.05, 0.1) is 4.92 Å². The number of rotatable bonds is 6. The van der Waals surface area contributed by atoms with Gasteiger partial charge in [-0.1, -0.05) is 0 Å². The van der Waals surface area contributed by atoms with Crippen LogP contribution in [-0.4, -0.2) is 49.2 Å². The van der Waals surface area contributed by atoms with Crippen molar-refractivity contribution in [1.82, 2.24) is 14.7 Å². The van der Waals surface area contributed by atoms with Crippen molar-refractivity contribution in [2.75, 3.05) is 6.54 Å². The van der Waals surface area contributed by atoms with Crippen molar-refractivity contribution in [2.45, 2.75) is 40.3 Å². The van der Waals surface area contributed by atoms with Gasteiger partial charge in [0.15, 0.2) is 0 Å². The molecule has 116 valence electrons. The highest BCUT2D eigenvalue weighted by Crippen LogP contribution is 2.21. The highest BCUT2D eigenvalue weighted by molar-refractivity contribution is 5.81. The van der Waals surface area contributed by atoms with Crippen LogP contribution in [-0.2, 0) is 16.1 Å². The van der Waals surface area contributed by atoms with Gasteiger partial charge >= 0.3 is 11.7 Å². The first-order valence-corrected chi connectivity index (χ1v) is 6.34. The highest BCUT2D eigenvalue weighted by atomic mass is 16.6. The van der Waals surface area contributed by atoms with Crippen molar-refractivity contribution in [2.24, 2.45) is 0 Å². The summed E-state index contributed by atoms with van der Waals surface area (Å²) in [6.45, 7) is 5.74. The van der Waals surface area contributed by atoms with Crippen LogP contribution in [0.4, 0.5) is 5.69 Å². The predicted molar refractivity (Wildman–Crippen MR) is 72.8 cm³/mol. The largest absolute Gasteiger partial charge is 0.480 e. The second-order valence-electron chi connectivity index (χ2n) is 4.94. The van der Waals surface area contributed by atoms with E-state index < -0.39 is 23.3 Å². The van der Waals surface area contributed by atoms with Crippen molar-refractivity contribution < 1.29 is 19.6 Å². The van der Waals surface area contributed by atoms with E-state index in [1.165, 1.54) is 23.4 Å². The fourth-order valence-corrected chi connectivity index (χ4v) is 2.03. The first kappa shape index (κ1) is 16.6. The van der Waals surface area contributed by atoms with Gasteiger partial charge in [-0.15, -0.1) is 0 Å². The molecule has 0 saturated heterocycles. The van der Waals surface area contributed by atoms with Gasteiger partial charge in [-0.2, -0.15) is 5.10 Å². The average Bonchev–Trinajstić information content (AvgIpc) is 2.60. The van der Waals surface area contributed by atoms with E-state index in [4.69, 9.17) is 5.11 Å².